The van der Waals surface area contributed by atoms with E-state index in [1.807, 2.05) is 12.1 Å². The Kier molecular flexibility index (Phi) is 6.18. The summed E-state index contributed by atoms with van der Waals surface area (Å²) in [5.41, 5.74) is 2.74. The number of fused-ring (bicyclic) bond motifs is 2. The van der Waals surface area contributed by atoms with Gasteiger partial charge in [-0.3, -0.25) is 9.59 Å². The van der Waals surface area contributed by atoms with Crippen LogP contribution in [-0.2, 0) is 27.7 Å². The third-order valence-electron chi connectivity index (χ3n) is 6.58. The van der Waals surface area contributed by atoms with E-state index in [1.165, 1.54) is 9.87 Å². The molecule has 1 saturated heterocycles. The van der Waals surface area contributed by atoms with Crippen molar-refractivity contribution in [3.8, 4) is 11.5 Å². The van der Waals surface area contributed by atoms with Gasteiger partial charge in [0, 0.05) is 31.7 Å². The number of carbonyl (C=O) groups excluding carboxylic acids is 2. The molecule has 3 aliphatic rings. The molecular formula is C24H27N3O6S. The van der Waals surface area contributed by atoms with Crippen molar-refractivity contribution in [2.75, 3.05) is 39.5 Å². The van der Waals surface area contributed by atoms with Gasteiger partial charge >= 0.3 is 0 Å². The molecule has 1 N–H and O–H groups in total. The summed E-state index contributed by atoms with van der Waals surface area (Å²) in [7, 11) is -3.61. The molecule has 0 saturated carbocycles. The van der Waals surface area contributed by atoms with Crippen LogP contribution >= 0.6 is 0 Å². The summed E-state index contributed by atoms with van der Waals surface area (Å²) in [5.74, 6) is 0.436. The molecule has 0 atom stereocenters. The molecule has 2 amide bonds. The normalized spacial score (nSPS) is 17.8. The van der Waals surface area contributed by atoms with Crippen LogP contribution in [0, 0.1) is 0 Å². The number of aryl methyl sites for hydroxylation is 2. The van der Waals surface area contributed by atoms with Gasteiger partial charge in [-0.1, -0.05) is 6.07 Å². The third-order valence-corrected chi connectivity index (χ3v) is 8.48. The minimum atomic E-state index is -3.61. The maximum atomic E-state index is 13.1. The van der Waals surface area contributed by atoms with Crippen LogP contribution in [0.15, 0.2) is 41.3 Å². The van der Waals surface area contributed by atoms with Gasteiger partial charge in [-0.05, 0) is 67.1 Å². The Morgan fingerprint density at radius 1 is 0.882 bits per heavy atom. The zero-order valence-corrected chi connectivity index (χ0v) is 19.6. The number of ether oxygens (including phenoxy) is 2. The van der Waals surface area contributed by atoms with Crippen LogP contribution in [0.3, 0.4) is 0 Å². The number of hydrogen-bond donors (Lipinski definition) is 1. The van der Waals surface area contributed by atoms with Crippen LogP contribution in [0.4, 0.5) is 0 Å². The number of nitrogens with zero attached hydrogens (tertiary/aromatic N) is 2. The second kappa shape index (κ2) is 9.27. The Hall–Kier alpha value is -3.11. The molecule has 2 aliphatic heterocycles. The molecule has 0 bridgehead atoms. The van der Waals surface area contributed by atoms with Crippen LogP contribution in [-0.4, -0.2) is 69.0 Å². The zero-order chi connectivity index (χ0) is 23.7. The maximum Gasteiger partial charge on any atom is 0.251 e. The fourth-order valence-corrected chi connectivity index (χ4v) is 6.08. The number of amides is 2. The summed E-state index contributed by atoms with van der Waals surface area (Å²) in [6.45, 7) is 0.965. The van der Waals surface area contributed by atoms with Gasteiger partial charge in [0.05, 0.1) is 11.4 Å². The maximum absolute atomic E-state index is 13.1. The van der Waals surface area contributed by atoms with Crippen molar-refractivity contribution in [3.05, 3.63) is 53.1 Å². The molecule has 2 heterocycles. The average molecular weight is 486 g/mol. The highest BCUT2D eigenvalue weighted by molar-refractivity contribution is 7.89. The number of sulfonamides is 1. The molecule has 0 unspecified atom stereocenters. The zero-order valence-electron chi connectivity index (χ0n) is 18.8. The summed E-state index contributed by atoms with van der Waals surface area (Å²) in [5, 5.41) is 2.63. The molecule has 0 aromatic heterocycles. The molecule has 0 spiro atoms. The molecule has 2 aromatic rings. The molecule has 9 nitrogen and oxygen atoms in total. The van der Waals surface area contributed by atoms with Crippen molar-refractivity contribution >= 4 is 21.8 Å². The Balaban J connectivity index is 1.15. The Morgan fingerprint density at radius 2 is 1.62 bits per heavy atom. The highest BCUT2D eigenvalue weighted by Gasteiger charge is 2.31. The SMILES string of the molecule is O=C(NCC(=O)N1CCN(S(=O)(=O)c2ccc3c(c2)CCCC3)CC1)c1ccc2c(c1)OCO2. The largest absolute Gasteiger partial charge is 0.454 e. The number of nitrogens with one attached hydrogen (secondary N) is 1. The van der Waals surface area contributed by atoms with E-state index in [1.54, 1.807) is 29.2 Å². The second-order valence-electron chi connectivity index (χ2n) is 8.67. The van der Waals surface area contributed by atoms with Crippen molar-refractivity contribution in [3.63, 3.8) is 0 Å². The first kappa shape index (κ1) is 22.7. The van der Waals surface area contributed by atoms with E-state index < -0.39 is 10.0 Å². The van der Waals surface area contributed by atoms with Gasteiger partial charge in [-0.15, -0.1) is 0 Å². The highest BCUT2D eigenvalue weighted by atomic mass is 32.2. The predicted molar refractivity (Wildman–Crippen MR) is 123 cm³/mol. The Morgan fingerprint density at radius 3 is 2.41 bits per heavy atom. The summed E-state index contributed by atoms with van der Waals surface area (Å²) in [4.78, 5) is 26.9. The Labute approximate surface area is 198 Å². The molecule has 1 fully saturated rings. The van der Waals surface area contributed by atoms with Crippen LogP contribution in [0.25, 0.3) is 0 Å². The van der Waals surface area contributed by atoms with Gasteiger partial charge in [0.25, 0.3) is 5.91 Å². The van der Waals surface area contributed by atoms with Gasteiger partial charge in [-0.25, -0.2) is 8.42 Å². The van der Waals surface area contributed by atoms with E-state index in [2.05, 4.69) is 5.32 Å². The summed E-state index contributed by atoms with van der Waals surface area (Å²) in [6, 6.07) is 10.3. The van der Waals surface area contributed by atoms with Gasteiger partial charge < -0.3 is 19.7 Å². The fraction of sp³-hybridized carbons (Fsp3) is 0.417. The molecule has 34 heavy (non-hydrogen) atoms. The first-order valence-corrected chi connectivity index (χ1v) is 12.9. The van der Waals surface area contributed by atoms with Crippen molar-refractivity contribution in [2.24, 2.45) is 0 Å². The quantitative estimate of drug-likeness (QED) is 0.689. The number of piperazine rings is 1. The van der Waals surface area contributed by atoms with E-state index in [4.69, 9.17) is 9.47 Å². The van der Waals surface area contributed by atoms with Gasteiger partial charge in [0.15, 0.2) is 11.5 Å². The van der Waals surface area contributed by atoms with Crippen LogP contribution < -0.4 is 14.8 Å². The molecule has 180 valence electrons. The minimum absolute atomic E-state index is 0.118. The fourth-order valence-electron chi connectivity index (χ4n) is 4.60. The lowest BCUT2D eigenvalue weighted by Gasteiger charge is -2.34. The van der Waals surface area contributed by atoms with E-state index in [0.29, 0.717) is 22.0 Å². The summed E-state index contributed by atoms with van der Waals surface area (Å²) < 4.78 is 38.2. The molecule has 0 radical (unpaired) electrons. The van der Waals surface area contributed by atoms with Crippen LogP contribution in [0.1, 0.15) is 34.3 Å². The lowest BCUT2D eigenvalue weighted by Crippen LogP contribution is -2.52. The van der Waals surface area contributed by atoms with Crippen LogP contribution in [0.5, 0.6) is 11.5 Å². The van der Waals surface area contributed by atoms with Gasteiger partial charge in [-0.2, -0.15) is 4.31 Å². The molecule has 1 aliphatic carbocycles. The van der Waals surface area contributed by atoms with Crippen molar-refractivity contribution < 1.29 is 27.5 Å². The lowest BCUT2D eigenvalue weighted by molar-refractivity contribution is -0.131. The van der Waals surface area contributed by atoms with E-state index in [0.717, 1.165) is 31.2 Å². The lowest BCUT2D eigenvalue weighted by atomic mass is 9.92. The molecular weight excluding hydrogens is 458 g/mol. The minimum Gasteiger partial charge on any atom is -0.454 e. The Bertz CT molecular complexity index is 1220. The van der Waals surface area contributed by atoms with Crippen molar-refractivity contribution in [1.82, 2.24) is 14.5 Å². The molecule has 10 heteroatoms. The number of rotatable bonds is 5. The molecule has 2 aromatic carbocycles. The van der Waals surface area contributed by atoms with E-state index >= 15 is 0 Å². The standard InChI is InChI=1S/C24H27N3O6S/c28-23(15-25-24(29)19-6-8-21-22(14-19)33-16-32-21)26-9-11-27(12-10-26)34(30,31)20-7-5-17-3-1-2-4-18(17)13-20/h5-8,13-14H,1-4,9-12,15-16H2,(H,25,29). The summed E-state index contributed by atoms with van der Waals surface area (Å²) >= 11 is 0. The topological polar surface area (TPSA) is 105 Å². The van der Waals surface area contributed by atoms with E-state index in [-0.39, 0.29) is 51.3 Å². The number of carbonyl (C=O) groups is 2. The smallest absolute Gasteiger partial charge is 0.251 e. The second-order valence-corrected chi connectivity index (χ2v) is 10.6. The summed E-state index contributed by atoms with van der Waals surface area (Å²) in [6.07, 6.45) is 4.15. The number of hydrogen-bond acceptors (Lipinski definition) is 6. The number of benzene rings is 2. The molecule has 5 rings (SSSR count). The van der Waals surface area contributed by atoms with Gasteiger partial charge in [0.1, 0.15) is 0 Å². The monoisotopic (exact) mass is 485 g/mol. The van der Waals surface area contributed by atoms with Crippen LogP contribution in [0.2, 0.25) is 0 Å². The predicted octanol–water partition coefficient (Wildman–Crippen LogP) is 1.56. The van der Waals surface area contributed by atoms with E-state index in [9.17, 15) is 18.0 Å². The van der Waals surface area contributed by atoms with Crippen molar-refractivity contribution in [2.45, 2.75) is 30.6 Å². The first-order valence-electron chi connectivity index (χ1n) is 11.5. The third kappa shape index (κ3) is 4.47. The van der Waals surface area contributed by atoms with Crippen molar-refractivity contribution in [1.29, 1.82) is 0 Å². The highest BCUT2D eigenvalue weighted by Crippen LogP contribution is 2.32. The average Bonchev–Trinajstić information content (AvgIpc) is 3.35. The van der Waals surface area contributed by atoms with Gasteiger partial charge in [0.2, 0.25) is 22.7 Å². The first-order chi connectivity index (χ1) is 16.4.